The van der Waals surface area contributed by atoms with E-state index < -0.39 is 0 Å². The summed E-state index contributed by atoms with van der Waals surface area (Å²) in [6, 6.07) is 0. The summed E-state index contributed by atoms with van der Waals surface area (Å²) < 4.78 is 0. The van der Waals surface area contributed by atoms with Crippen molar-refractivity contribution in [3.05, 3.63) is 12.7 Å². The molecule has 0 saturated carbocycles. The van der Waals surface area contributed by atoms with Gasteiger partial charge in [0.2, 0.25) is 0 Å². The summed E-state index contributed by atoms with van der Waals surface area (Å²) in [5, 5.41) is 3.46. The third-order valence-corrected chi connectivity index (χ3v) is 1.91. The van der Waals surface area contributed by atoms with Gasteiger partial charge in [-0.25, -0.2) is 0 Å². The van der Waals surface area contributed by atoms with E-state index in [-0.39, 0.29) is 0 Å². The summed E-state index contributed by atoms with van der Waals surface area (Å²) in [5.41, 5.74) is 0. The zero-order valence-corrected chi connectivity index (χ0v) is 8.77. The average molecular weight is 169 g/mol. The summed E-state index contributed by atoms with van der Waals surface area (Å²) in [6.07, 6.45) is 4.40. The molecule has 0 saturated heterocycles. The fourth-order valence-electron chi connectivity index (χ4n) is 1.12. The minimum absolute atomic E-state index is 0.761. The molecule has 0 amide bonds. The fourth-order valence-corrected chi connectivity index (χ4v) is 1.12. The highest BCUT2D eigenvalue weighted by molar-refractivity contribution is 4.69. The maximum absolute atomic E-state index is 3.72. The van der Waals surface area contributed by atoms with Crippen LogP contribution < -0.4 is 5.32 Å². The van der Waals surface area contributed by atoms with Crippen LogP contribution in [0.2, 0.25) is 0 Å². The smallest absolute Gasteiger partial charge is 0.00229 e. The summed E-state index contributed by atoms with van der Waals surface area (Å²) in [6.45, 7) is 12.8. The second-order valence-corrected chi connectivity index (χ2v) is 4.02. The molecule has 1 N–H and O–H groups in total. The van der Waals surface area contributed by atoms with Gasteiger partial charge in [0, 0.05) is 0 Å². The van der Waals surface area contributed by atoms with E-state index in [4.69, 9.17) is 0 Å². The molecule has 72 valence electrons. The van der Waals surface area contributed by atoms with Crippen LogP contribution in [-0.4, -0.2) is 13.1 Å². The van der Waals surface area contributed by atoms with Gasteiger partial charge in [0.15, 0.2) is 0 Å². The van der Waals surface area contributed by atoms with Gasteiger partial charge >= 0.3 is 0 Å². The minimum Gasteiger partial charge on any atom is -0.316 e. The van der Waals surface area contributed by atoms with E-state index in [0.29, 0.717) is 0 Å². The largest absolute Gasteiger partial charge is 0.316 e. The molecule has 0 spiro atoms. The van der Waals surface area contributed by atoms with E-state index in [1.54, 1.807) is 0 Å². The van der Waals surface area contributed by atoms with Crippen LogP contribution in [0, 0.1) is 11.8 Å². The van der Waals surface area contributed by atoms with Crippen molar-refractivity contribution in [1.29, 1.82) is 0 Å². The fraction of sp³-hybridized carbons (Fsp3) is 0.818. The third-order valence-electron chi connectivity index (χ3n) is 1.91. The molecule has 12 heavy (non-hydrogen) atoms. The van der Waals surface area contributed by atoms with Crippen LogP contribution >= 0.6 is 0 Å². The van der Waals surface area contributed by atoms with Crippen molar-refractivity contribution < 1.29 is 0 Å². The summed E-state index contributed by atoms with van der Waals surface area (Å²) >= 11 is 0. The molecular formula is C11H23N. The Labute approximate surface area is 77.2 Å². The molecular weight excluding hydrogens is 146 g/mol. The lowest BCUT2D eigenvalue weighted by Crippen LogP contribution is -2.25. The molecule has 1 unspecified atom stereocenters. The number of hydrogen-bond donors (Lipinski definition) is 1. The van der Waals surface area contributed by atoms with Gasteiger partial charge in [-0.15, -0.1) is 6.58 Å². The van der Waals surface area contributed by atoms with Crippen LogP contribution in [0.5, 0.6) is 0 Å². The van der Waals surface area contributed by atoms with Crippen LogP contribution in [0.25, 0.3) is 0 Å². The molecule has 0 aromatic heterocycles. The Morgan fingerprint density at radius 2 is 1.92 bits per heavy atom. The first-order chi connectivity index (χ1) is 5.66. The first-order valence-corrected chi connectivity index (χ1v) is 4.98. The Morgan fingerprint density at radius 3 is 2.42 bits per heavy atom. The predicted octanol–water partition coefficient (Wildman–Crippen LogP) is 2.83. The Morgan fingerprint density at radius 1 is 1.25 bits per heavy atom. The zero-order chi connectivity index (χ0) is 9.40. The SMILES string of the molecule is C=CCCC(C)CNCC(C)C. The maximum Gasteiger partial charge on any atom is -0.00229 e. The van der Waals surface area contributed by atoms with Gasteiger partial charge in [0.05, 0.1) is 0 Å². The van der Waals surface area contributed by atoms with Gasteiger partial charge < -0.3 is 5.32 Å². The van der Waals surface area contributed by atoms with Crippen LogP contribution in [0.15, 0.2) is 12.7 Å². The van der Waals surface area contributed by atoms with Crippen LogP contribution in [0.4, 0.5) is 0 Å². The van der Waals surface area contributed by atoms with E-state index >= 15 is 0 Å². The van der Waals surface area contributed by atoms with Gasteiger partial charge in [-0.3, -0.25) is 0 Å². The van der Waals surface area contributed by atoms with Crippen molar-refractivity contribution in [2.24, 2.45) is 11.8 Å². The molecule has 0 aromatic carbocycles. The normalized spacial score (nSPS) is 13.3. The molecule has 0 aromatic rings. The molecule has 1 heteroatoms. The first-order valence-electron chi connectivity index (χ1n) is 4.98. The van der Waals surface area contributed by atoms with Gasteiger partial charge in [-0.2, -0.15) is 0 Å². The molecule has 0 aliphatic heterocycles. The lowest BCUT2D eigenvalue weighted by Gasteiger charge is -2.12. The Bertz CT molecular complexity index is 108. The highest BCUT2D eigenvalue weighted by Gasteiger charge is 2.00. The average Bonchev–Trinajstić information content (AvgIpc) is 2.00. The lowest BCUT2D eigenvalue weighted by molar-refractivity contribution is 0.456. The molecule has 0 aliphatic carbocycles. The minimum atomic E-state index is 0.761. The van der Waals surface area contributed by atoms with Crippen molar-refractivity contribution in [3.8, 4) is 0 Å². The number of hydrogen-bond acceptors (Lipinski definition) is 1. The van der Waals surface area contributed by atoms with E-state index in [0.717, 1.165) is 31.3 Å². The number of allylic oxidation sites excluding steroid dienone is 1. The second-order valence-electron chi connectivity index (χ2n) is 4.02. The summed E-state index contributed by atoms with van der Waals surface area (Å²) in [4.78, 5) is 0. The van der Waals surface area contributed by atoms with Gasteiger partial charge in [-0.1, -0.05) is 26.8 Å². The molecule has 0 rings (SSSR count). The molecule has 0 aliphatic rings. The highest BCUT2D eigenvalue weighted by atomic mass is 14.9. The predicted molar refractivity (Wildman–Crippen MR) is 56.3 cm³/mol. The third kappa shape index (κ3) is 7.80. The van der Waals surface area contributed by atoms with E-state index in [1.807, 2.05) is 6.08 Å². The van der Waals surface area contributed by atoms with Gasteiger partial charge in [0.1, 0.15) is 0 Å². The quantitative estimate of drug-likeness (QED) is 0.578. The van der Waals surface area contributed by atoms with Crippen molar-refractivity contribution >= 4 is 0 Å². The van der Waals surface area contributed by atoms with Crippen molar-refractivity contribution in [2.45, 2.75) is 33.6 Å². The van der Waals surface area contributed by atoms with Crippen LogP contribution in [-0.2, 0) is 0 Å². The van der Waals surface area contributed by atoms with E-state index in [2.05, 4.69) is 32.7 Å². The van der Waals surface area contributed by atoms with E-state index in [1.165, 1.54) is 6.42 Å². The van der Waals surface area contributed by atoms with Crippen LogP contribution in [0.1, 0.15) is 33.6 Å². The van der Waals surface area contributed by atoms with Crippen molar-refractivity contribution in [2.75, 3.05) is 13.1 Å². The van der Waals surface area contributed by atoms with Crippen LogP contribution in [0.3, 0.4) is 0 Å². The Hall–Kier alpha value is -0.300. The molecule has 0 heterocycles. The molecule has 0 radical (unpaired) electrons. The Balaban J connectivity index is 3.18. The molecule has 0 bridgehead atoms. The van der Waals surface area contributed by atoms with Crippen molar-refractivity contribution in [1.82, 2.24) is 5.32 Å². The van der Waals surface area contributed by atoms with Gasteiger partial charge in [-0.05, 0) is 37.8 Å². The van der Waals surface area contributed by atoms with Crippen molar-refractivity contribution in [3.63, 3.8) is 0 Å². The molecule has 1 nitrogen and oxygen atoms in total. The highest BCUT2D eigenvalue weighted by Crippen LogP contribution is 2.04. The first kappa shape index (κ1) is 11.7. The monoisotopic (exact) mass is 169 g/mol. The van der Waals surface area contributed by atoms with E-state index in [9.17, 15) is 0 Å². The molecule has 1 atom stereocenters. The summed E-state index contributed by atoms with van der Waals surface area (Å²) in [7, 11) is 0. The summed E-state index contributed by atoms with van der Waals surface area (Å²) in [5.74, 6) is 1.54. The second kappa shape index (κ2) is 7.35. The maximum atomic E-state index is 3.72. The lowest BCUT2D eigenvalue weighted by atomic mass is 10.1. The number of rotatable bonds is 7. The topological polar surface area (TPSA) is 12.0 Å². The standard InChI is InChI=1S/C11H23N/c1-5-6-7-11(4)9-12-8-10(2)3/h5,10-12H,1,6-9H2,2-4H3. The molecule has 0 fully saturated rings. The Kier molecular flexibility index (Phi) is 7.17. The number of nitrogens with one attached hydrogen (secondary N) is 1. The zero-order valence-electron chi connectivity index (χ0n) is 8.77. The van der Waals surface area contributed by atoms with Gasteiger partial charge in [0.25, 0.3) is 0 Å².